The smallest absolute Gasteiger partial charge is 0.306 e. The van der Waals surface area contributed by atoms with Crippen LogP contribution in [0.5, 0.6) is 0 Å². The second-order valence-electron chi connectivity index (χ2n) is 17.1. The normalized spacial score (nSPS) is 12.0. The lowest BCUT2D eigenvalue weighted by Crippen LogP contribution is -2.30. The first-order chi connectivity index (χ1) is 28.0. The number of carbonyl (C=O) groups is 3. The van der Waals surface area contributed by atoms with Gasteiger partial charge in [0, 0.05) is 19.3 Å². The third-order valence-corrected chi connectivity index (χ3v) is 11.3. The van der Waals surface area contributed by atoms with Crippen LogP contribution in [-0.2, 0) is 28.6 Å². The van der Waals surface area contributed by atoms with E-state index in [-0.39, 0.29) is 31.1 Å². The lowest BCUT2D eigenvalue weighted by molar-refractivity contribution is -0.167. The summed E-state index contributed by atoms with van der Waals surface area (Å²) < 4.78 is 16.7. The van der Waals surface area contributed by atoms with Gasteiger partial charge in [-0.05, 0) is 44.9 Å². The van der Waals surface area contributed by atoms with Gasteiger partial charge in [0.1, 0.15) is 13.2 Å². The van der Waals surface area contributed by atoms with Gasteiger partial charge in [-0.15, -0.1) is 0 Å². The van der Waals surface area contributed by atoms with Crippen LogP contribution in [-0.4, -0.2) is 37.2 Å². The summed E-state index contributed by atoms with van der Waals surface area (Å²) in [7, 11) is 0. The molecule has 0 saturated carbocycles. The lowest BCUT2D eigenvalue weighted by atomic mass is 10.0. The minimum absolute atomic E-state index is 0.0685. The van der Waals surface area contributed by atoms with E-state index in [0.717, 1.165) is 64.2 Å². The monoisotopic (exact) mass is 805 g/mol. The molecule has 57 heavy (non-hydrogen) atoms. The van der Waals surface area contributed by atoms with E-state index < -0.39 is 6.10 Å². The minimum atomic E-state index is -0.766. The van der Waals surface area contributed by atoms with Crippen molar-refractivity contribution < 1.29 is 28.6 Å². The van der Waals surface area contributed by atoms with Crippen molar-refractivity contribution in [1.29, 1.82) is 0 Å². The predicted molar refractivity (Wildman–Crippen MR) is 243 cm³/mol. The van der Waals surface area contributed by atoms with Gasteiger partial charge in [-0.2, -0.15) is 0 Å². The van der Waals surface area contributed by atoms with Crippen molar-refractivity contribution in [3.05, 3.63) is 12.2 Å². The summed E-state index contributed by atoms with van der Waals surface area (Å²) >= 11 is 0. The highest BCUT2D eigenvalue weighted by Gasteiger charge is 2.19. The van der Waals surface area contributed by atoms with Crippen LogP contribution in [0.15, 0.2) is 12.2 Å². The molecule has 0 radical (unpaired) electrons. The molecular formula is C51H96O6. The van der Waals surface area contributed by atoms with Crippen LogP contribution < -0.4 is 0 Å². The summed E-state index contributed by atoms with van der Waals surface area (Å²) in [6, 6.07) is 0. The quantitative estimate of drug-likeness (QED) is 0.0264. The Labute approximate surface area is 354 Å². The zero-order valence-electron chi connectivity index (χ0n) is 38.4. The van der Waals surface area contributed by atoms with Crippen molar-refractivity contribution >= 4 is 17.9 Å². The second kappa shape index (κ2) is 46.8. The lowest BCUT2D eigenvalue weighted by Gasteiger charge is -2.18. The fourth-order valence-electron chi connectivity index (χ4n) is 7.44. The Balaban J connectivity index is 4.30. The first kappa shape index (κ1) is 55.2. The molecule has 0 aliphatic carbocycles. The SMILES string of the molecule is CCCCCCCC/C=C\CCCCCCCC(=O)OC(COC(=O)CCCCCCCCCCC)COC(=O)CCCCCCCCCCCCCCCCC. The molecule has 6 nitrogen and oxygen atoms in total. The molecule has 336 valence electrons. The van der Waals surface area contributed by atoms with Gasteiger partial charge < -0.3 is 14.2 Å². The van der Waals surface area contributed by atoms with Crippen molar-refractivity contribution in [1.82, 2.24) is 0 Å². The summed E-state index contributed by atoms with van der Waals surface area (Å²) in [5.41, 5.74) is 0. The molecule has 0 fully saturated rings. The first-order valence-corrected chi connectivity index (χ1v) is 25.2. The third-order valence-electron chi connectivity index (χ3n) is 11.3. The van der Waals surface area contributed by atoms with Crippen LogP contribution in [0.2, 0.25) is 0 Å². The summed E-state index contributed by atoms with van der Waals surface area (Å²) in [4.78, 5) is 37.8. The van der Waals surface area contributed by atoms with E-state index in [0.29, 0.717) is 19.3 Å². The number of hydrogen-bond donors (Lipinski definition) is 0. The number of rotatable bonds is 46. The van der Waals surface area contributed by atoms with E-state index in [4.69, 9.17) is 14.2 Å². The maximum Gasteiger partial charge on any atom is 0.306 e. The fourth-order valence-corrected chi connectivity index (χ4v) is 7.44. The van der Waals surface area contributed by atoms with Gasteiger partial charge in [0.15, 0.2) is 6.10 Å². The summed E-state index contributed by atoms with van der Waals surface area (Å²) in [6.07, 6.45) is 50.5. The van der Waals surface area contributed by atoms with E-state index in [9.17, 15) is 14.4 Å². The highest BCUT2D eigenvalue weighted by molar-refractivity contribution is 5.71. The molecule has 0 aliphatic heterocycles. The van der Waals surface area contributed by atoms with Crippen molar-refractivity contribution in [3.8, 4) is 0 Å². The van der Waals surface area contributed by atoms with Crippen LogP contribution in [0.25, 0.3) is 0 Å². The van der Waals surface area contributed by atoms with E-state index in [1.807, 2.05) is 0 Å². The van der Waals surface area contributed by atoms with E-state index in [1.54, 1.807) is 0 Å². The topological polar surface area (TPSA) is 78.9 Å². The summed E-state index contributed by atoms with van der Waals surface area (Å²) in [6.45, 7) is 6.63. The number of carbonyl (C=O) groups excluding carboxylic acids is 3. The van der Waals surface area contributed by atoms with Crippen molar-refractivity contribution in [2.75, 3.05) is 13.2 Å². The van der Waals surface area contributed by atoms with Gasteiger partial charge in [0.2, 0.25) is 0 Å². The zero-order chi connectivity index (χ0) is 41.5. The molecule has 0 spiro atoms. The molecule has 1 unspecified atom stereocenters. The van der Waals surface area contributed by atoms with Crippen LogP contribution >= 0.6 is 0 Å². The number of hydrogen-bond acceptors (Lipinski definition) is 6. The maximum absolute atomic E-state index is 12.7. The molecule has 0 aromatic rings. The van der Waals surface area contributed by atoms with Gasteiger partial charge in [0.05, 0.1) is 0 Å². The molecule has 0 aromatic carbocycles. The van der Waals surface area contributed by atoms with Gasteiger partial charge >= 0.3 is 17.9 Å². The van der Waals surface area contributed by atoms with Gasteiger partial charge in [-0.1, -0.05) is 226 Å². The fraction of sp³-hybridized carbons (Fsp3) is 0.902. The zero-order valence-corrected chi connectivity index (χ0v) is 38.4. The molecule has 1 atom stereocenters. The van der Waals surface area contributed by atoms with Crippen LogP contribution in [0, 0.1) is 0 Å². The average Bonchev–Trinajstić information content (AvgIpc) is 3.21. The standard InChI is InChI=1S/C51H96O6/c1-4-7-10-13-16-19-21-23-25-27-29-32-35-38-41-44-50(53)56-47-48(46-55-49(52)43-40-37-34-31-18-15-12-9-6-3)57-51(54)45-42-39-36-33-30-28-26-24-22-20-17-14-11-8-5-2/h24,26,48H,4-23,25,27-47H2,1-3H3/b26-24-. The molecular weight excluding hydrogens is 709 g/mol. The molecule has 0 aromatic heterocycles. The Morgan fingerprint density at radius 1 is 0.333 bits per heavy atom. The van der Waals surface area contributed by atoms with Crippen molar-refractivity contribution in [2.45, 2.75) is 284 Å². The van der Waals surface area contributed by atoms with Crippen LogP contribution in [0.3, 0.4) is 0 Å². The van der Waals surface area contributed by atoms with E-state index in [1.165, 1.54) is 173 Å². The van der Waals surface area contributed by atoms with Crippen molar-refractivity contribution in [2.24, 2.45) is 0 Å². The molecule has 0 aliphatic rings. The Morgan fingerprint density at radius 3 is 0.877 bits per heavy atom. The Kier molecular flexibility index (Phi) is 45.3. The van der Waals surface area contributed by atoms with Gasteiger partial charge in [0.25, 0.3) is 0 Å². The van der Waals surface area contributed by atoms with Gasteiger partial charge in [-0.25, -0.2) is 0 Å². The average molecular weight is 805 g/mol. The highest BCUT2D eigenvalue weighted by Crippen LogP contribution is 2.16. The van der Waals surface area contributed by atoms with Crippen LogP contribution in [0.4, 0.5) is 0 Å². The molecule has 0 heterocycles. The number of esters is 3. The largest absolute Gasteiger partial charge is 0.462 e. The van der Waals surface area contributed by atoms with E-state index in [2.05, 4.69) is 32.9 Å². The predicted octanol–water partition coefficient (Wildman–Crippen LogP) is 16.2. The Hall–Kier alpha value is -1.85. The summed E-state index contributed by atoms with van der Waals surface area (Å²) in [5, 5.41) is 0. The summed E-state index contributed by atoms with van der Waals surface area (Å²) in [5.74, 6) is -0.865. The molecule has 6 heteroatoms. The first-order valence-electron chi connectivity index (χ1n) is 25.2. The third kappa shape index (κ3) is 45.1. The molecule has 0 saturated heterocycles. The number of ether oxygens (including phenoxy) is 3. The Bertz CT molecular complexity index is 885. The molecule has 0 amide bonds. The molecule has 0 N–H and O–H groups in total. The maximum atomic E-state index is 12.7. The van der Waals surface area contributed by atoms with Crippen molar-refractivity contribution in [3.63, 3.8) is 0 Å². The van der Waals surface area contributed by atoms with E-state index >= 15 is 0 Å². The number of allylic oxidation sites excluding steroid dienone is 2. The molecule has 0 rings (SSSR count). The van der Waals surface area contributed by atoms with Gasteiger partial charge in [-0.3, -0.25) is 14.4 Å². The number of unbranched alkanes of at least 4 members (excludes halogenated alkanes) is 33. The van der Waals surface area contributed by atoms with Crippen LogP contribution in [0.1, 0.15) is 278 Å². The molecule has 0 bridgehead atoms. The second-order valence-corrected chi connectivity index (χ2v) is 17.1. The Morgan fingerprint density at radius 2 is 0.579 bits per heavy atom. The highest BCUT2D eigenvalue weighted by atomic mass is 16.6. The minimum Gasteiger partial charge on any atom is -0.462 e.